The standard InChI is InChI=1S/C23H22F2N4O4/c24-14-10-16(25)18-17(11-14)29(8-9-30)21(33)23(18)4-6-28(7-5-23)22-26-19-13(12-31)2-1-3-15(19)20(32)27-22/h1-3,10-11,30-31H,4-9,12H2,(H,26,27,32). The second-order valence-corrected chi connectivity index (χ2v) is 8.39. The Bertz CT molecular complexity index is 1320. The van der Waals surface area contributed by atoms with Crippen LogP contribution in [0, 0.1) is 11.6 Å². The molecule has 8 nitrogen and oxygen atoms in total. The van der Waals surface area contributed by atoms with Crippen LogP contribution in [-0.4, -0.2) is 52.3 Å². The maximum absolute atomic E-state index is 14.9. The number of carbonyl (C=O) groups excluding carboxylic acids is 1. The number of carbonyl (C=O) groups is 1. The van der Waals surface area contributed by atoms with Crippen molar-refractivity contribution in [2.75, 3.05) is 36.0 Å². The van der Waals surface area contributed by atoms with E-state index in [0.29, 0.717) is 35.5 Å². The molecule has 0 bridgehead atoms. The zero-order chi connectivity index (χ0) is 23.3. The highest BCUT2D eigenvalue weighted by atomic mass is 19.1. The molecule has 2 aromatic carbocycles. The van der Waals surface area contributed by atoms with Gasteiger partial charge in [-0.25, -0.2) is 13.8 Å². The molecule has 2 aliphatic rings. The van der Waals surface area contributed by atoms with Gasteiger partial charge >= 0.3 is 0 Å². The molecule has 0 aliphatic carbocycles. The summed E-state index contributed by atoms with van der Waals surface area (Å²) < 4.78 is 28.8. The van der Waals surface area contributed by atoms with E-state index in [9.17, 15) is 28.6 Å². The number of benzene rings is 2. The van der Waals surface area contributed by atoms with Crippen molar-refractivity contribution in [1.82, 2.24) is 9.97 Å². The molecule has 2 aliphatic heterocycles. The molecule has 1 spiro atoms. The number of piperidine rings is 1. The Morgan fingerprint density at radius 3 is 2.58 bits per heavy atom. The van der Waals surface area contributed by atoms with Gasteiger partial charge in [0.2, 0.25) is 11.9 Å². The van der Waals surface area contributed by atoms with Crippen molar-refractivity contribution in [2.24, 2.45) is 0 Å². The van der Waals surface area contributed by atoms with Crippen LogP contribution in [0.1, 0.15) is 24.0 Å². The fourth-order valence-corrected chi connectivity index (χ4v) is 5.09. The first kappa shape index (κ1) is 21.5. The highest BCUT2D eigenvalue weighted by molar-refractivity contribution is 6.08. The number of rotatable bonds is 4. The average Bonchev–Trinajstić information content (AvgIpc) is 3.02. The largest absolute Gasteiger partial charge is 0.395 e. The van der Waals surface area contributed by atoms with Gasteiger partial charge in [-0.3, -0.25) is 14.6 Å². The molecule has 0 radical (unpaired) electrons. The zero-order valence-corrected chi connectivity index (χ0v) is 17.6. The van der Waals surface area contributed by atoms with Gasteiger partial charge < -0.3 is 20.0 Å². The Morgan fingerprint density at radius 2 is 1.88 bits per heavy atom. The third kappa shape index (κ3) is 3.20. The summed E-state index contributed by atoms with van der Waals surface area (Å²) in [5, 5.41) is 19.4. The van der Waals surface area contributed by atoms with Gasteiger partial charge in [0, 0.05) is 36.8 Å². The van der Waals surface area contributed by atoms with Gasteiger partial charge in [-0.05, 0) is 25.0 Å². The van der Waals surface area contributed by atoms with Crippen molar-refractivity contribution in [3.63, 3.8) is 0 Å². The number of aromatic amines is 1. The first-order chi connectivity index (χ1) is 15.9. The van der Waals surface area contributed by atoms with E-state index in [1.807, 2.05) is 4.90 Å². The summed E-state index contributed by atoms with van der Waals surface area (Å²) in [5.41, 5.74) is -0.279. The summed E-state index contributed by atoms with van der Waals surface area (Å²) in [4.78, 5) is 36.3. The van der Waals surface area contributed by atoms with E-state index in [1.54, 1.807) is 18.2 Å². The number of amides is 1. The molecule has 3 aromatic rings. The number of aliphatic hydroxyl groups is 2. The van der Waals surface area contributed by atoms with Crippen molar-refractivity contribution in [3.8, 4) is 0 Å². The van der Waals surface area contributed by atoms with Crippen LogP contribution in [0.2, 0.25) is 0 Å². The van der Waals surface area contributed by atoms with E-state index in [1.165, 1.54) is 4.90 Å². The average molecular weight is 456 g/mol. The third-order valence-corrected chi connectivity index (χ3v) is 6.68. The number of para-hydroxylation sites is 1. The molecule has 1 fully saturated rings. The molecule has 1 amide bonds. The Hall–Kier alpha value is -3.37. The molecule has 0 saturated carbocycles. The van der Waals surface area contributed by atoms with E-state index in [4.69, 9.17) is 0 Å². The lowest BCUT2D eigenvalue weighted by Crippen LogP contribution is -2.50. The maximum atomic E-state index is 14.9. The summed E-state index contributed by atoms with van der Waals surface area (Å²) in [5.74, 6) is -1.62. The quantitative estimate of drug-likeness (QED) is 0.550. The van der Waals surface area contributed by atoms with Crippen molar-refractivity contribution < 1.29 is 23.8 Å². The highest BCUT2D eigenvalue weighted by Crippen LogP contribution is 2.49. The van der Waals surface area contributed by atoms with Crippen LogP contribution >= 0.6 is 0 Å². The Kier molecular flexibility index (Phi) is 5.13. The fourth-order valence-electron chi connectivity index (χ4n) is 5.09. The van der Waals surface area contributed by atoms with E-state index in [-0.39, 0.29) is 55.3 Å². The third-order valence-electron chi connectivity index (χ3n) is 6.68. The Labute approximate surface area is 187 Å². The second-order valence-electron chi connectivity index (χ2n) is 8.39. The fraction of sp³-hybridized carbons (Fsp3) is 0.348. The van der Waals surface area contributed by atoms with Gasteiger partial charge in [0.15, 0.2) is 0 Å². The van der Waals surface area contributed by atoms with Gasteiger partial charge in [-0.2, -0.15) is 0 Å². The number of nitrogens with one attached hydrogen (secondary N) is 1. The summed E-state index contributed by atoms with van der Waals surface area (Å²) in [7, 11) is 0. The maximum Gasteiger partial charge on any atom is 0.260 e. The lowest BCUT2D eigenvalue weighted by Gasteiger charge is -2.38. The molecule has 5 rings (SSSR count). The SMILES string of the molecule is O=C1N(CCO)c2cc(F)cc(F)c2C12CCN(c1nc3c(CO)cccc3c(=O)[nH]1)CC2. The van der Waals surface area contributed by atoms with Crippen molar-refractivity contribution in [1.29, 1.82) is 0 Å². The number of H-pyrrole nitrogens is 1. The molecular weight excluding hydrogens is 434 g/mol. The predicted molar refractivity (Wildman–Crippen MR) is 117 cm³/mol. The van der Waals surface area contributed by atoms with Gasteiger partial charge in [0.1, 0.15) is 11.6 Å². The molecule has 0 unspecified atom stereocenters. The number of anilines is 2. The number of aromatic nitrogens is 2. The monoisotopic (exact) mass is 456 g/mol. The summed E-state index contributed by atoms with van der Waals surface area (Å²) in [6.07, 6.45) is 0.458. The van der Waals surface area contributed by atoms with E-state index < -0.39 is 17.0 Å². The molecule has 10 heteroatoms. The molecule has 3 heterocycles. The second kappa shape index (κ2) is 7.89. The molecule has 1 aromatic heterocycles. The van der Waals surface area contributed by atoms with E-state index in [0.717, 1.165) is 12.1 Å². The first-order valence-electron chi connectivity index (χ1n) is 10.7. The van der Waals surface area contributed by atoms with Crippen LogP contribution in [-0.2, 0) is 16.8 Å². The lowest BCUT2D eigenvalue weighted by atomic mass is 9.73. The van der Waals surface area contributed by atoms with Gasteiger partial charge in [0.05, 0.1) is 35.2 Å². The van der Waals surface area contributed by atoms with E-state index in [2.05, 4.69) is 9.97 Å². The van der Waals surface area contributed by atoms with Crippen LogP contribution < -0.4 is 15.4 Å². The number of β-amino-alcohol motifs (C(OH)–C–C–N with tert-alkyl or cyclic N) is 1. The number of hydrogen-bond donors (Lipinski definition) is 3. The zero-order valence-electron chi connectivity index (χ0n) is 17.6. The minimum Gasteiger partial charge on any atom is -0.395 e. The molecule has 172 valence electrons. The van der Waals surface area contributed by atoms with Crippen molar-refractivity contribution in [3.05, 3.63) is 63.4 Å². The topological polar surface area (TPSA) is 110 Å². The Morgan fingerprint density at radius 1 is 1.12 bits per heavy atom. The highest BCUT2D eigenvalue weighted by Gasteiger charge is 2.54. The van der Waals surface area contributed by atoms with Gasteiger partial charge in [-0.1, -0.05) is 12.1 Å². The molecule has 1 saturated heterocycles. The molecule has 3 N–H and O–H groups in total. The number of halogens is 2. The van der Waals surface area contributed by atoms with Gasteiger partial charge in [0.25, 0.3) is 5.56 Å². The number of fused-ring (bicyclic) bond motifs is 3. The van der Waals surface area contributed by atoms with Crippen LogP contribution in [0.25, 0.3) is 10.9 Å². The van der Waals surface area contributed by atoms with Crippen molar-refractivity contribution >= 4 is 28.4 Å². The van der Waals surface area contributed by atoms with Crippen LogP contribution in [0.4, 0.5) is 20.4 Å². The summed E-state index contributed by atoms with van der Waals surface area (Å²) >= 11 is 0. The minimum atomic E-state index is -1.17. The Balaban J connectivity index is 1.51. The molecular formula is C23H22F2N4O4. The van der Waals surface area contributed by atoms with Crippen LogP contribution in [0.5, 0.6) is 0 Å². The smallest absolute Gasteiger partial charge is 0.260 e. The first-order valence-corrected chi connectivity index (χ1v) is 10.7. The minimum absolute atomic E-state index is 0.0519. The van der Waals surface area contributed by atoms with E-state index >= 15 is 0 Å². The number of aliphatic hydroxyl groups excluding tert-OH is 2. The van der Waals surface area contributed by atoms with Crippen molar-refractivity contribution in [2.45, 2.75) is 24.9 Å². The summed E-state index contributed by atoms with van der Waals surface area (Å²) in [6.45, 7) is -0.0574. The lowest BCUT2D eigenvalue weighted by molar-refractivity contribution is -0.124. The van der Waals surface area contributed by atoms with Crippen LogP contribution in [0.3, 0.4) is 0 Å². The van der Waals surface area contributed by atoms with Gasteiger partial charge in [-0.15, -0.1) is 0 Å². The molecule has 0 atom stereocenters. The predicted octanol–water partition coefficient (Wildman–Crippen LogP) is 1.57. The molecule has 33 heavy (non-hydrogen) atoms. The number of nitrogens with zero attached hydrogens (tertiary/aromatic N) is 3. The summed E-state index contributed by atoms with van der Waals surface area (Å²) in [6, 6.07) is 6.90. The van der Waals surface area contributed by atoms with Crippen LogP contribution in [0.15, 0.2) is 35.1 Å². The normalized spacial score (nSPS) is 17.3. The number of hydrogen-bond acceptors (Lipinski definition) is 6.